The molecular weight excluding hydrogens is 472 g/mol. The molecule has 2 heterocycles. The molecule has 1 amide bonds. The summed E-state index contributed by atoms with van der Waals surface area (Å²) < 4.78 is 15.5. The fraction of sp³-hybridized carbons (Fsp3) is 0.200. The number of esters is 1. The van der Waals surface area contributed by atoms with Crippen LogP contribution in [0.25, 0.3) is 5.76 Å². The first-order chi connectivity index (χ1) is 16.8. The molecule has 3 aromatic rings. The number of aromatic nitrogens is 1. The molecule has 0 spiro atoms. The van der Waals surface area contributed by atoms with E-state index < -0.39 is 23.7 Å². The van der Waals surface area contributed by atoms with Crippen LogP contribution >= 0.6 is 11.3 Å². The summed E-state index contributed by atoms with van der Waals surface area (Å²) in [7, 11) is 4.23. The van der Waals surface area contributed by atoms with E-state index in [1.165, 1.54) is 26.2 Å². The van der Waals surface area contributed by atoms with Crippen LogP contribution in [0.3, 0.4) is 0 Å². The number of benzene rings is 2. The second-order valence-corrected chi connectivity index (χ2v) is 8.52. The summed E-state index contributed by atoms with van der Waals surface area (Å²) in [5, 5.41) is 11.3. The number of aliphatic hydroxyl groups excluding tert-OH is 1. The Bertz CT molecular complexity index is 1340. The third-order valence-electron chi connectivity index (χ3n) is 5.60. The van der Waals surface area contributed by atoms with Gasteiger partial charge in [-0.25, -0.2) is 9.78 Å². The van der Waals surface area contributed by atoms with E-state index in [0.717, 1.165) is 11.3 Å². The molecule has 9 nitrogen and oxygen atoms in total. The van der Waals surface area contributed by atoms with Gasteiger partial charge in [0.2, 0.25) is 0 Å². The van der Waals surface area contributed by atoms with Crippen LogP contribution in [0.15, 0.2) is 54.1 Å². The van der Waals surface area contributed by atoms with Crippen LogP contribution in [0.1, 0.15) is 32.5 Å². The Balaban J connectivity index is 1.95. The van der Waals surface area contributed by atoms with Gasteiger partial charge < -0.3 is 19.3 Å². The smallest absolute Gasteiger partial charge is 0.350 e. The molecule has 1 N–H and O–H groups in total. The molecule has 2 aromatic carbocycles. The minimum atomic E-state index is -1.05. The number of ketones is 1. The highest BCUT2D eigenvalue weighted by Gasteiger charge is 2.49. The molecule has 0 bridgehead atoms. The zero-order chi connectivity index (χ0) is 25.3. The highest BCUT2D eigenvalue weighted by atomic mass is 32.1. The Morgan fingerprint density at radius 3 is 2.34 bits per heavy atom. The van der Waals surface area contributed by atoms with Crippen molar-refractivity contribution in [3.8, 4) is 11.5 Å². The standard InChI is InChI=1S/C25H22N2O7S/c1-13-22(24(31)34-4)35-25(26-13)27-19(16-7-5-6-8-17(16)33-3)18(21(29)23(27)30)20(28)14-9-11-15(32-2)12-10-14/h5-12,19,28H,1-4H3/t19-/m1/s1. The molecule has 1 saturated heterocycles. The van der Waals surface area contributed by atoms with Gasteiger partial charge in [0.05, 0.1) is 32.6 Å². The first kappa shape index (κ1) is 24.0. The van der Waals surface area contributed by atoms with E-state index in [1.807, 2.05) is 0 Å². The highest BCUT2D eigenvalue weighted by molar-refractivity contribution is 7.17. The van der Waals surface area contributed by atoms with Crippen LogP contribution in [-0.4, -0.2) is 49.1 Å². The molecule has 1 atom stereocenters. The van der Waals surface area contributed by atoms with Crippen molar-refractivity contribution in [1.29, 1.82) is 0 Å². The van der Waals surface area contributed by atoms with Crippen molar-refractivity contribution in [1.82, 2.24) is 4.98 Å². The Morgan fingerprint density at radius 1 is 1.03 bits per heavy atom. The van der Waals surface area contributed by atoms with E-state index in [1.54, 1.807) is 55.5 Å². The lowest BCUT2D eigenvalue weighted by atomic mass is 9.94. The van der Waals surface area contributed by atoms with Gasteiger partial charge >= 0.3 is 11.9 Å². The van der Waals surface area contributed by atoms with Crippen LogP contribution in [0.2, 0.25) is 0 Å². The molecule has 10 heteroatoms. The third kappa shape index (κ3) is 4.12. The van der Waals surface area contributed by atoms with Gasteiger partial charge in [0.1, 0.15) is 28.2 Å². The normalized spacial score (nSPS) is 16.9. The molecule has 1 aliphatic rings. The first-order valence-corrected chi connectivity index (χ1v) is 11.3. The van der Waals surface area contributed by atoms with Crippen LogP contribution < -0.4 is 14.4 Å². The monoisotopic (exact) mass is 494 g/mol. The summed E-state index contributed by atoms with van der Waals surface area (Å²) in [4.78, 5) is 44.6. The molecule has 1 fully saturated rings. The van der Waals surface area contributed by atoms with Gasteiger partial charge in [-0.05, 0) is 37.3 Å². The number of anilines is 1. The van der Waals surface area contributed by atoms with Gasteiger partial charge in [-0.2, -0.15) is 0 Å². The predicted molar refractivity (Wildman–Crippen MR) is 129 cm³/mol. The predicted octanol–water partition coefficient (Wildman–Crippen LogP) is 3.88. The van der Waals surface area contributed by atoms with Gasteiger partial charge in [-0.1, -0.05) is 29.5 Å². The lowest BCUT2D eigenvalue weighted by Gasteiger charge is -2.24. The second kappa shape index (κ2) is 9.59. The number of Topliss-reactive ketones (excluding diaryl/α,β-unsaturated/α-hetero) is 1. The summed E-state index contributed by atoms with van der Waals surface area (Å²) in [5.41, 5.74) is 1.02. The number of aryl methyl sites for hydroxylation is 1. The van der Waals surface area contributed by atoms with Crippen molar-refractivity contribution >= 4 is 39.9 Å². The quantitative estimate of drug-likeness (QED) is 0.238. The van der Waals surface area contributed by atoms with Crippen LogP contribution in [0, 0.1) is 6.92 Å². The summed E-state index contributed by atoms with van der Waals surface area (Å²) in [6.45, 7) is 1.61. The number of amides is 1. The maximum atomic E-state index is 13.3. The van der Waals surface area contributed by atoms with E-state index in [-0.39, 0.29) is 21.3 Å². The number of hydrogen-bond acceptors (Lipinski definition) is 9. The van der Waals surface area contributed by atoms with Gasteiger partial charge in [0, 0.05) is 11.1 Å². The molecule has 0 aliphatic carbocycles. The lowest BCUT2D eigenvalue weighted by Crippen LogP contribution is -2.29. The summed E-state index contributed by atoms with van der Waals surface area (Å²) in [6, 6.07) is 12.3. The van der Waals surface area contributed by atoms with Crippen molar-refractivity contribution in [2.45, 2.75) is 13.0 Å². The summed E-state index contributed by atoms with van der Waals surface area (Å²) in [5.74, 6) is -1.76. The van der Waals surface area contributed by atoms with Gasteiger partial charge in [0.25, 0.3) is 5.78 Å². The van der Waals surface area contributed by atoms with Gasteiger partial charge in [-0.3, -0.25) is 14.5 Å². The lowest BCUT2D eigenvalue weighted by molar-refractivity contribution is -0.132. The topological polar surface area (TPSA) is 115 Å². The van der Waals surface area contributed by atoms with Crippen LogP contribution in [0.4, 0.5) is 5.13 Å². The molecule has 1 aliphatic heterocycles. The Morgan fingerprint density at radius 2 is 1.71 bits per heavy atom. The Hall–Kier alpha value is -4.18. The number of methoxy groups -OCH3 is 3. The molecule has 0 saturated carbocycles. The average Bonchev–Trinajstić information content (AvgIpc) is 3.39. The van der Waals surface area contributed by atoms with Crippen molar-refractivity contribution in [2.75, 3.05) is 26.2 Å². The van der Waals surface area contributed by atoms with E-state index in [9.17, 15) is 19.5 Å². The SMILES string of the molecule is COC(=O)c1sc(N2C(=O)C(=O)C(=C(O)c3ccc(OC)cc3)[C@H]2c2ccccc2OC)nc1C. The van der Waals surface area contributed by atoms with Crippen LogP contribution in [0.5, 0.6) is 11.5 Å². The number of carbonyl (C=O) groups excluding carboxylic acids is 3. The maximum absolute atomic E-state index is 13.3. The number of nitrogens with zero attached hydrogens (tertiary/aromatic N) is 2. The fourth-order valence-electron chi connectivity index (χ4n) is 3.89. The maximum Gasteiger partial charge on any atom is 0.350 e. The molecule has 0 unspecified atom stereocenters. The number of aliphatic hydroxyl groups is 1. The van der Waals surface area contributed by atoms with Crippen LogP contribution in [-0.2, 0) is 14.3 Å². The zero-order valence-electron chi connectivity index (χ0n) is 19.4. The molecule has 4 rings (SSSR count). The van der Waals surface area contributed by atoms with E-state index >= 15 is 0 Å². The average molecular weight is 495 g/mol. The van der Waals surface area contributed by atoms with Crippen molar-refractivity contribution in [3.63, 3.8) is 0 Å². The molecule has 180 valence electrons. The second-order valence-electron chi connectivity index (χ2n) is 7.54. The van der Waals surface area contributed by atoms with E-state index in [4.69, 9.17) is 14.2 Å². The summed E-state index contributed by atoms with van der Waals surface area (Å²) in [6.07, 6.45) is 0. The molecular formula is C25H22N2O7S. The number of rotatable bonds is 6. The van der Waals surface area contributed by atoms with Crippen molar-refractivity contribution in [2.24, 2.45) is 0 Å². The minimum absolute atomic E-state index is 0.120. The number of ether oxygens (including phenoxy) is 3. The Kier molecular flexibility index (Phi) is 6.57. The molecule has 1 aromatic heterocycles. The molecule has 0 radical (unpaired) electrons. The number of thiazole rings is 1. The number of carbonyl (C=O) groups is 3. The zero-order valence-corrected chi connectivity index (χ0v) is 20.2. The number of hydrogen-bond donors (Lipinski definition) is 1. The van der Waals surface area contributed by atoms with Gasteiger partial charge in [-0.15, -0.1) is 0 Å². The van der Waals surface area contributed by atoms with E-state index in [2.05, 4.69) is 4.98 Å². The van der Waals surface area contributed by atoms with Crippen molar-refractivity contribution in [3.05, 3.63) is 75.8 Å². The fourth-order valence-corrected chi connectivity index (χ4v) is 4.90. The summed E-state index contributed by atoms with van der Waals surface area (Å²) >= 11 is 0.927. The number of para-hydroxylation sites is 1. The molecule has 35 heavy (non-hydrogen) atoms. The highest BCUT2D eigenvalue weighted by Crippen LogP contribution is 2.46. The largest absolute Gasteiger partial charge is 0.507 e. The van der Waals surface area contributed by atoms with Gasteiger partial charge in [0.15, 0.2) is 5.13 Å². The Labute approximate surface area is 205 Å². The third-order valence-corrected chi connectivity index (χ3v) is 6.74. The first-order valence-electron chi connectivity index (χ1n) is 10.5. The minimum Gasteiger partial charge on any atom is -0.507 e. The van der Waals surface area contributed by atoms with E-state index in [0.29, 0.717) is 28.3 Å². The van der Waals surface area contributed by atoms with Crippen molar-refractivity contribution < 1.29 is 33.7 Å².